The lowest BCUT2D eigenvalue weighted by Crippen LogP contribution is -2.09. The van der Waals surface area contributed by atoms with Crippen molar-refractivity contribution in [2.45, 2.75) is 25.7 Å². The molecule has 0 spiro atoms. The largest absolute Gasteiger partial charge is 0.383 e. The molecule has 20 heavy (non-hydrogen) atoms. The minimum Gasteiger partial charge on any atom is -0.383 e. The molecule has 3 aromatic rings. The van der Waals surface area contributed by atoms with Gasteiger partial charge in [0.2, 0.25) is 0 Å². The van der Waals surface area contributed by atoms with Crippen molar-refractivity contribution >= 4 is 28.2 Å². The molecule has 0 saturated heterocycles. The monoisotopic (exact) mass is 282 g/mol. The molecular formula is C15H14N4S. The van der Waals surface area contributed by atoms with Crippen molar-refractivity contribution in [2.75, 3.05) is 5.73 Å². The molecule has 0 aromatic carbocycles. The van der Waals surface area contributed by atoms with Gasteiger partial charge in [0, 0.05) is 16.1 Å². The number of hydrogen-bond acceptors (Lipinski definition) is 5. The van der Waals surface area contributed by atoms with Gasteiger partial charge in [-0.25, -0.2) is 15.0 Å². The third-order valence-corrected chi connectivity index (χ3v) is 4.74. The zero-order valence-corrected chi connectivity index (χ0v) is 11.8. The highest BCUT2D eigenvalue weighted by molar-refractivity contribution is 7.13. The van der Waals surface area contributed by atoms with Gasteiger partial charge in [0.05, 0.1) is 5.39 Å². The molecule has 3 aromatic heterocycles. The Labute approximate surface area is 120 Å². The molecule has 0 bridgehead atoms. The zero-order chi connectivity index (χ0) is 13.5. The van der Waals surface area contributed by atoms with Crippen LogP contribution in [0.5, 0.6) is 0 Å². The smallest absolute Gasteiger partial charge is 0.165 e. The molecular weight excluding hydrogens is 268 g/mol. The fourth-order valence-electron chi connectivity index (χ4n) is 2.97. The van der Waals surface area contributed by atoms with Crippen LogP contribution in [-0.4, -0.2) is 15.0 Å². The normalized spacial score (nSPS) is 14.4. The highest BCUT2D eigenvalue weighted by Crippen LogP contribution is 2.39. The van der Waals surface area contributed by atoms with Crippen LogP contribution in [0.15, 0.2) is 23.8 Å². The lowest BCUT2D eigenvalue weighted by molar-refractivity contribution is 0.672. The Balaban J connectivity index is 2.16. The van der Waals surface area contributed by atoms with Gasteiger partial charge in [0.25, 0.3) is 0 Å². The summed E-state index contributed by atoms with van der Waals surface area (Å²) >= 11 is 1.73. The average molecular weight is 282 g/mol. The molecule has 0 radical (unpaired) electrons. The molecule has 0 atom stereocenters. The van der Waals surface area contributed by atoms with Crippen LogP contribution in [0.1, 0.15) is 24.1 Å². The summed E-state index contributed by atoms with van der Waals surface area (Å²) in [6, 6.07) is 4.21. The lowest BCUT2D eigenvalue weighted by Gasteiger charge is -2.20. The number of nitrogen functional groups attached to an aromatic ring is 1. The van der Waals surface area contributed by atoms with Gasteiger partial charge in [-0.15, -0.1) is 11.3 Å². The first-order valence-electron chi connectivity index (χ1n) is 6.80. The number of pyridine rings is 1. The summed E-state index contributed by atoms with van der Waals surface area (Å²) in [5.41, 5.74) is 10.6. The lowest BCUT2D eigenvalue weighted by atomic mass is 9.90. The van der Waals surface area contributed by atoms with E-state index in [1.54, 1.807) is 11.3 Å². The summed E-state index contributed by atoms with van der Waals surface area (Å²) < 4.78 is 0. The maximum atomic E-state index is 6.11. The molecule has 4 nitrogen and oxygen atoms in total. The number of anilines is 1. The number of rotatable bonds is 1. The first-order chi connectivity index (χ1) is 9.84. The van der Waals surface area contributed by atoms with Crippen molar-refractivity contribution in [1.29, 1.82) is 0 Å². The molecule has 0 fully saturated rings. The molecule has 5 heteroatoms. The quantitative estimate of drug-likeness (QED) is 0.744. The number of hydrogen-bond donors (Lipinski definition) is 1. The third kappa shape index (κ3) is 1.70. The third-order valence-electron chi connectivity index (χ3n) is 3.86. The Kier molecular flexibility index (Phi) is 2.67. The van der Waals surface area contributed by atoms with Crippen molar-refractivity contribution < 1.29 is 0 Å². The van der Waals surface area contributed by atoms with Crippen LogP contribution in [0, 0.1) is 0 Å². The van der Waals surface area contributed by atoms with E-state index >= 15 is 0 Å². The molecule has 100 valence electrons. The van der Waals surface area contributed by atoms with Crippen LogP contribution in [0.25, 0.3) is 21.5 Å². The summed E-state index contributed by atoms with van der Waals surface area (Å²) in [5, 5.41) is 3.01. The van der Waals surface area contributed by atoms with Crippen molar-refractivity contribution in [2.24, 2.45) is 0 Å². The van der Waals surface area contributed by atoms with E-state index in [1.807, 2.05) is 0 Å². The van der Waals surface area contributed by atoms with Gasteiger partial charge in [-0.05, 0) is 42.7 Å². The highest BCUT2D eigenvalue weighted by atomic mass is 32.1. The Morgan fingerprint density at radius 3 is 2.90 bits per heavy atom. The number of aromatic nitrogens is 3. The van der Waals surface area contributed by atoms with Crippen molar-refractivity contribution in [3.05, 3.63) is 35.1 Å². The van der Waals surface area contributed by atoms with E-state index in [-0.39, 0.29) is 0 Å². The van der Waals surface area contributed by atoms with Crippen LogP contribution in [-0.2, 0) is 12.8 Å². The number of fused-ring (bicyclic) bond motifs is 2. The van der Waals surface area contributed by atoms with E-state index < -0.39 is 0 Å². The predicted octanol–water partition coefficient (Wildman–Crippen LogP) is 3.21. The highest BCUT2D eigenvalue weighted by Gasteiger charge is 2.21. The minimum atomic E-state index is 0.527. The van der Waals surface area contributed by atoms with Gasteiger partial charge in [0.15, 0.2) is 5.65 Å². The van der Waals surface area contributed by atoms with Crippen LogP contribution < -0.4 is 5.73 Å². The van der Waals surface area contributed by atoms with Crippen molar-refractivity contribution in [1.82, 2.24) is 15.0 Å². The van der Waals surface area contributed by atoms with Crippen LogP contribution in [0.2, 0.25) is 0 Å². The Bertz CT molecular complexity index is 780. The topological polar surface area (TPSA) is 64.7 Å². The molecule has 2 N–H and O–H groups in total. The standard InChI is InChI=1S/C15H14N4S/c16-14-13-12(11-6-3-7-20-11)9-4-1-2-5-10(9)19-15(13)18-8-17-14/h3,6-8H,1-2,4-5H2,(H2,16,17,18,19). The van der Waals surface area contributed by atoms with Crippen LogP contribution >= 0.6 is 11.3 Å². The summed E-state index contributed by atoms with van der Waals surface area (Å²) in [6.45, 7) is 0. The Hall–Kier alpha value is -2.01. The van der Waals surface area contributed by atoms with Gasteiger partial charge < -0.3 is 5.73 Å². The van der Waals surface area contributed by atoms with Gasteiger partial charge in [-0.1, -0.05) is 6.07 Å². The SMILES string of the molecule is Nc1ncnc2nc3c(c(-c4cccs4)c12)CCCC3. The summed E-state index contributed by atoms with van der Waals surface area (Å²) in [5.74, 6) is 0.527. The summed E-state index contributed by atoms with van der Waals surface area (Å²) in [7, 11) is 0. The Morgan fingerprint density at radius 1 is 1.15 bits per heavy atom. The second kappa shape index (κ2) is 4.52. The molecule has 1 aliphatic carbocycles. The van der Waals surface area contributed by atoms with E-state index in [9.17, 15) is 0 Å². The average Bonchev–Trinajstić information content (AvgIpc) is 2.99. The predicted molar refractivity (Wildman–Crippen MR) is 81.7 cm³/mol. The van der Waals surface area contributed by atoms with Gasteiger partial charge in [-0.3, -0.25) is 0 Å². The van der Waals surface area contributed by atoms with Gasteiger partial charge in [-0.2, -0.15) is 0 Å². The molecule has 1 aliphatic rings. The maximum Gasteiger partial charge on any atom is 0.165 e. The second-order valence-electron chi connectivity index (χ2n) is 5.05. The van der Waals surface area contributed by atoms with Crippen molar-refractivity contribution in [3.63, 3.8) is 0 Å². The second-order valence-corrected chi connectivity index (χ2v) is 6.00. The van der Waals surface area contributed by atoms with E-state index in [2.05, 4.69) is 27.5 Å². The van der Waals surface area contributed by atoms with E-state index in [0.717, 1.165) is 23.9 Å². The molecule has 0 amide bonds. The van der Waals surface area contributed by atoms with Crippen LogP contribution in [0.4, 0.5) is 5.82 Å². The van der Waals surface area contributed by atoms with Crippen molar-refractivity contribution in [3.8, 4) is 10.4 Å². The number of thiophene rings is 1. The van der Waals surface area contributed by atoms with E-state index in [4.69, 9.17) is 10.7 Å². The molecule has 4 rings (SSSR count). The minimum absolute atomic E-state index is 0.527. The number of nitrogens with zero attached hydrogens (tertiary/aromatic N) is 3. The molecule has 0 aliphatic heterocycles. The van der Waals surface area contributed by atoms with Gasteiger partial charge in [0.1, 0.15) is 12.1 Å². The molecule has 3 heterocycles. The van der Waals surface area contributed by atoms with Gasteiger partial charge >= 0.3 is 0 Å². The summed E-state index contributed by atoms with van der Waals surface area (Å²) in [6.07, 6.45) is 6.02. The fourth-order valence-corrected chi connectivity index (χ4v) is 3.77. The summed E-state index contributed by atoms with van der Waals surface area (Å²) in [4.78, 5) is 14.4. The van der Waals surface area contributed by atoms with E-state index in [0.29, 0.717) is 5.82 Å². The number of nitrogens with two attached hydrogens (primary N) is 1. The maximum absolute atomic E-state index is 6.11. The van der Waals surface area contributed by atoms with Crippen LogP contribution in [0.3, 0.4) is 0 Å². The fraction of sp³-hybridized carbons (Fsp3) is 0.267. The zero-order valence-electron chi connectivity index (χ0n) is 11.0. The molecule has 0 saturated carbocycles. The Morgan fingerprint density at radius 2 is 2.05 bits per heavy atom. The van der Waals surface area contributed by atoms with E-state index in [1.165, 1.54) is 40.9 Å². The first-order valence-corrected chi connectivity index (χ1v) is 7.68. The molecule has 0 unspecified atom stereocenters. The number of aryl methyl sites for hydroxylation is 1. The first kappa shape index (κ1) is 11.8.